The quantitative estimate of drug-likeness (QED) is 0.774. The molecule has 2 N–H and O–H groups in total. The van der Waals surface area contributed by atoms with Crippen LogP contribution >= 0.6 is 11.8 Å². The molecule has 4 nitrogen and oxygen atoms in total. The molecule has 0 aliphatic rings. The van der Waals surface area contributed by atoms with Crippen molar-refractivity contribution in [1.29, 1.82) is 0 Å². The van der Waals surface area contributed by atoms with Crippen molar-refractivity contribution in [2.75, 3.05) is 12.0 Å². The second kappa shape index (κ2) is 9.51. The van der Waals surface area contributed by atoms with Crippen LogP contribution in [0, 0.1) is 5.92 Å². The Kier molecular flexibility index (Phi) is 8.02. The average Bonchev–Trinajstić information content (AvgIpc) is 2.51. The summed E-state index contributed by atoms with van der Waals surface area (Å²) in [6.07, 6.45) is 2.61. The highest BCUT2D eigenvalue weighted by Gasteiger charge is 2.23. The maximum Gasteiger partial charge on any atom is 0.251 e. The number of nitrogens with one attached hydrogen (secondary N) is 2. The van der Waals surface area contributed by atoms with Crippen LogP contribution in [0.25, 0.3) is 0 Å². The van der Waals surface area contributed by atoms with Crippen LogP contribution in [0.5, 0.6) is 0 Å². The zero-order valence-corrected chi connectivity index (χ0v) is 14.6. The zero-order valence-electron chi connectivity index (χ0n) is 13.8. The summed E-state index contributed by atoms with van der Waals surface area (Å²) in [5.74, 6) is 0.858. The molecule has 5 heteroatoms. The lowest BCUT2D eigenvalue weighted by Crippen LogP contribution is -2.50. The molecule has 1 aromatic rings. The van der Waals surface area contributed by atoms with Gasteiger partial charge in [0.15, 0.2) is 0 Å². The van der Waals surface area contributed by atoms with Gasteiger partial charge in [0.1, 0.15) is 6.04 Å². The molecular weight excluding hydrogens is 296 g/mol. The largest absolute Gasteiger partial charge is 0.352 e. The van der Waals surface area contributed by atoms with E-state index in [2.05, 4.69) is 24.5 Å². The third-order valence-electron chi connectivity index (χ3n) is 3.64. The number of hydrogen-bond donors (Lipinski definition) is 2. The number of thioether (sulfide) groups is 1. The van der Waals surface area contributed by atoms with E-state index in [1.165, 1.54) is 0 Å². The predicted molar refractivity (Wildman–Crippen MR) is 93.1 cm³/mol. The fourth-order valence-corrected chi connectivity index (χ4v) is 2.30. The van der Waals surface area contributed by atoms with Gasteiger partial charge < -0.3 is 10.6 Å². The van der Waals surface area contributed by atoms with E-state index in [0.29, 0.717) is 17.9 Å². The summed E-state index contributed by atoms with van der Waals surface area (Å²) in [4.78, 5) is 24.6. The first-order chi connectivity index (χ1) is 10.5. The lowest BCUT2D eigenvalue weighted by atomic mass is 10.1. The van der Waals surface area contributed by atoms with Gasteiger partial charge in [0, 0.05) is 11.6 Å². The van der Waals surface area contributed by atoms with E-state index < -0.39 is 6.04 Å². The number of hydrogen-bond acceptors (Lipinski definition) is 3. The molecule has 0 radical (unpaired) electrons. The van der Waals surface area contributed by atoms with Crippen molar-refractivity contribution in [3.63, 3.8) is 0 Å². The maximum absolute atomic E-state index is 12.4. The van der Waals surface area contributed by atoms with Crippen LogP contribution in [0.3, 0.4) is 0 Å². The number of carbonyl (C=O) groups excluding carboxylic acids is 2. The molecule has 0 spiro atoms. The normalized spacial score (nSPS) is 13.5. The number of amides is 2. The summed E-state index contributed by atoms with van der Waals surface area (Å²) in [6.45, 7) is 6.10. The van der Waals surface area contributed by atoms with Crippen molar-refractivity contribution in [2.45, 2.75) is 39.3 Å². The average molecular weight is 322 g/mol. The number of rotatable bonds is 8. The fourth-order valence-electron chi connectivity index (χ4n) is 1.83. The highest BCUT2D eigenvalue weighted by molar-refractivity contribution is 7.98. The summed E-state index contributed by atoms with van der Waals surface area (Å²) >= 11 is 1.66. The molecule has 1 aromatic carbocycles. The summed E-state index contributed by atoms with van der Waals surface area (Å²) < 4.78 is 0. The minimum Gasteiger partial charge on any atom is -0.352 e. The van der Waals surface area contributed by atoms with Gasteiger partial charge in [0.25, 0.3) is 5.91 Å². The van der Waals surface area contributed by atoms with Gasteiger partial charge in [-0.15, -0.1) is 0 Å². The first-order valence-electron chi connectivity index (χ1n) is 7.61. The lowest BCUT2D eigenvalue weighted by molar-refractivity contribution is -0.123. The monoisotopic (exact) mass is 322 g/mol. The molecule has 1 rings (SSSR count). The summed E-state index contributed by atoms with van der Waals surface area (Å²) in [7, 11) is 0. The minimum atomic E-state index is -0.499. The highest BCUT2D eigenvalue weighted by atomic mass is 32.2. The molecule has 2 atom stereocenters. The standard InChI is InChI=1S/C17H26N2O2S/c1-12(2)13(3)18-17(21)15(10-11-22-4)19-16(20)14-8-6-5-7-9-14/h5-9,12-13,15H,10-11H2,1-4H3,(H,18,21)(H,19,20). The van der Waals surface area contributed by atoms with Gasteiger partial charge in [-0.25, -0.2) is 0 Å². The third-order valence-corrected chi connectivity index (χ3v) is 4.28. The van der Waals surface area contributed by atoms with E-state index >= 15 is 0 Å². The van der Waals surface area contributed by atoms with E-state index in [1.54, 1.807) is 23.9 Å². The van der Waals surface area contributed by atoms with E-state index in [9.17, 15) is 9.59 Å². The maximum atomic E-state index is 12.4. The van der Waals surface area contributed by atoms with Gasteiger partial charge in [-0.2, -0.15) is 11.8 Å². The molecule has 0 saturated carbocycles. The van der Waals surface area contributed by atoms with Crippen LogP contribution in [0.2, 0.25) is 0 Å². The van der Waals surface area contributed by atoms with Crippen LogP contribution in [0.1, 0.15) is 37.6 Å². The van der Waals surface area contributed by atoms with E-state index in [1.807, 2.05) is 31.4 Å². The van der Waals surface area contributed by atoms with Crippen molar-refractivity contribution < 1.29 is 9.59 Å². The minimum absolute atomic E-state index is 0.0814. The molecule has 2 unspecified atom stereocenters. The number of benzene rings is 1. The van der Waals surface area contributed by atoms with Crippen molar-refractivity contribution in [2.24, 2.45) is 5.92 Å². The Morgan fingerprint density at radius 1 is 1.09 bits per heavy atom. The Labute approximate surface area is 137 Å². The molecule has 0 aromatic heterocycles. The summed E-state index contributed by atoms with van der Waals surface area (Å²) in [6, 6.07) is 8.56. The van der Waals surface area contributed by atoms with Crippen molar-refractivity contribution in [1.82, 2.24) is 10.6 Å². The van der Waals surface area contributed by atoms with E-state index in [-0.39, 0.29) is 17.9 Å². The number of carbonyl (C=O) groups is 2. The first-order valence-corrected chi connectivity index (χ1v) is 9.00. The lowest BCUT2D eigenvalue weighted by Gasteiger charge is -2.23. The molecule has 0 saturated heterocycles. The van der Waals surface area contributed by atoms with Crippen molar-refractivity contribution in [3.8, 4) is 0 Å². The molecule has 122 valence electrons. The Balaban J connectivity index is 2.71. The molecule has 0 bridgehead atoms. The van der Waals surface area contributed by atoms with Gasteiger partial charge in [0.05, 0.1) is 0 Å². The molecular formula is C17H26N2O2S. The van der Waals surface area contributed by atoms with E-state index in [0.717, 1.165) is 5.75 Å². The van der Waals surface area contributed by atoms with Crippen LogP contribution in [0.15, 0.2) is 30.3 Å². The SMILES string of the molecule is CSCCC(NC(=O)c1ccccc1)C(=O)NC(C)C(C)C. The second-order valence-electron chi connectivity index (χ2n) is 5.71. The van der Waals surface area contributed by atoms with Gasteiger partial charge in [0.2, 0.25) is 5.91 Å². The van der Waals surface area contributed by atoms with E-state index in [4.69, 9.17) is 0 Å². The molecule has 0 fully saturated rings. The van der Waals surface area contributed by atoms with Crippen LogP contribution in [0.4, 0.5) is 0 Å². The molecule has 2 amide bonds. The first kappa shape index (κ1) is 18.6. The second-order valence-corrected chi connectivity index (χ2v) is 6.70. The summed E-state index contributed by atoms with van der Waals surface area (Å²) in [5, 5.41) is 5.83. The van der Waals surface area contributed by atoms with Crippen molar-refractivity contribution >= 4 is 23.6 Å². The van der Waals surface area contributed by atoms with Gasteiger partial charge in [-0.1, -0.05) is 32.0 Å². The smallest absolute Gasteiger partial charge is 0.251 e. The molecule has 0 heterocycles. The van der Waals surface area contributed by atoms with Crippen LogP contribution in [-0.4, -0.2) is 35.9 Å². The Bertz CT molecular complexity index is 477. The fraction of sp³-hybridized carbons (Fsp3) is 0.529. The molecule has 22 heavy (non-hydrogen) atoms. The Morgan fingerprint density at radius 2 is 1.73 bits per heavy atom. The Hall–Kier alpha value is -1.49. The van der Waals surface area contributed by atoms with Crippen molar-refractivity contribution in [3.05, 3.63) is 35.9 Å². The Morgan fingerprint density at radius 3 is 2.27 bits per heavy atom. The topological polar surface area (TPSA) is 58.2 Å². The zero-order chi connectivity index (χ0) is 16.5. The van der Waals surface area contributed by atoms with Gasteiger partial charge in [-0.3, -0.25) is 9.59 Å². The highest BCUT2D eigenvalue weighted by Crippen LogP contribution is 2.06. The predicted octanol–water partition coefficient (Wildman–Crippen LogP) is 2.70. The molecule has 0 aliphatic heterocycles. The van der Waals surface area contributed by atoms with Gasteiger partial charge in [-0.05, 0) is 43.4 Å². The summed E-state index contributed by atoms with van der Waals surface area (Å²) in [5.41, 5.74) is 0.571. The van der Waals surface area contributed by atoms with Gasteiger partial charge >= 0.3 is 0 Å². The molecule has 0 aliphatic carbocycles. The van der Waals surface area contributed by atoms with Crippen LogP contribution in [-0.2, 0) is 4.79 Å². The third kappa shape index (κ3) is 6.10. The van der Waals surface area contributed by atoms with Crippen LogP contribution < -0.4 is 10.6 Å².